The second kappa shape index (κ2) is 8.36. The Labute approximate surface area is 180 Å². The average molecular weight is 431 g/mol. The quantitative estimate of drug-likeness (QED) is 0.803. The van der Waals surface area contributed by atoms with E-state index in [0.717, 1.165) is 11.1 Å². The lowest BCUT2D eigenvalue weighted by Gasteiger charge is -2.37. The van der Waals surface area contributed by atoms with E-state index in [1.165, 1.54) is 17.0 Å². The molecule has 2 aromatic carbocycles. The lowest BCUT2D eigenvalue weighted by Crippen LogP contribution is -2.53. The number of ether oxygens (including phenoxy) is 1. The van der Waals surface area contributed by atoms with Crippen molar-refractivity contribution < 1.29 is 18.7 Å². The van der Waals surface area contributed by atoms with Gasteiger partial charge in [-0.1, -0.05) is 35.9 Å². The molecule has 4 rings (SSSR count). The third-order valence-electron chi connectivity index (χ3n) is 6.17. The van der Waals surface area contributed by atoms with Crippen molar-refractivity contribution in [2.75, 3.05) is 24.7 Å². The van der Waals surface area contributed by atoms with Gasteiger partial charge in [-0.15, -0.1) is 0 Å². The molecule has 7 heteroatoms. The van der Waals surface area contributed by atoms with E-state index in [1.807, 2.05) is 31.2 Å². The molecule has 1 N–H and O–H groups in total. The predicted molar refractivity (Wildman–Crippen MR) is 113 cm³/mol. The van der Waals surface area contributed by atoms with Gasteiger partial charge >= 0.3 is 0 Å². The summed E-state index contributed by atoms with van der Waals surface area (Å²) in [5, 5.41) is 2.99. The third-order valence-corrected chi connectivity index (χ3v) is 6.47. The molecule has 0 bridgehead atoms. The highest BCUT2D eigenvalue weighted by molar-refractivity contribution is 6.30. The van der Waals surface area contributed by atoms with Crippen LogP contribution in [0.5, 0.6) is 0 Å². The van der Waals surface area contributed by atoms with Crippen LogP contribution in [0.25, 0.3) is 0 Å². The fraction of sp³-hybridized carbons (Fsp3) is 0.391. The molecule has 2 fully saturated rings. The third kappa shape index (κ3) is 3.70. The van der Waals surface area contributed by atoms with Crippen LogP contribution >= 0.6 is 11.6 Å². The zero-order valence-corrected chi connectivity index (χ0v) is 17.5. The number of hydrogen-bond donors (Lipinski definition) is 1. The second-order valence-corrected chi connectivity index (χ2v) is 8.32. The Morgan fingerprint density at radius 1 is 1.23 bits per heavy atom. The first-order chi connectivity index (χ1) is 14.4. The fourth-order valence-corrected chi connectivity index (χ4v) is 4.59. The largest absolute Gasteiger partial charge is 0.381 e. The summed E-state index contributed by atoms with van der Waals surface area (Å²) < 4.78 is 19.4. The Kier molecular flexibility index (Phi) is 5.80. The summed E-state index contributed by atoms with van der Waals surface area (Å²) in [7, 11) is 0. The first kappa shape index (κ1) is 20.8. The highest BCUT2D eigenvalue weighted by Gasteiger charge is 2.45. The van der Waals surface area contributed by atoms with Gasteiger partial charge in [-0.3, -0.25) is 9.59 Å². The molecule has 0 spiro atoms. The van der Waals surface area contributed by atoms with E-state index >= 15 is 0 Å². The number of carbonyl (C=O) groups excluding carboxylic acids is 2. The van der Waals surface area contributed by atoms with Crippen LogP contribution in [0.1, 0.15) is 30.4 Å². The van der Waals surface area contributed by atoms with Gasteiger partial charge in [0.05, 0.1) is 10.4 Å². The van der Waals surface area contributed by atoms with Crippen molar-refractivity contribution in [2.24, 2.45) is 0 Å². The summed E-state index contributed by atoms with van der Waals surface area (Å²) in [6.07, 6.45) is 1.60. The molecule has 2 aromatic rings. The van der Waals surface area contributed by atoms with Crippen molar-refractivity contribution in [3.63, 3.8) is 0 Å². The van der Waals surface area contributed by atoms with Crippen LogP contribution in [0.4, 0.5) is 10.1 Å². The van der Waals surface area contributed by atoms with Crippen LogP contribution in [0, 0.1) is 12.7 Å². The number of nitrogens with one attached hydrogen (secondary N) is 1. The van der Waals surface area contributed by atoms with Crippen molar-refractivity contribution in [1.82, 2.24) is 5.32 Å². The lowest BCUT2D eigenvalue weighted by molar-refractivity contribution is -0.133. The number of aryl methyl sites for hydroxylation is 1. The smallest absolute Gasteiger partial charge is 0.249 e. The Morgan fingerprint density at radius 2 is 1.97 bits per heavy atom. The second-order valence-electron chi connectivity index (χ2n) is 7.91. The van der Waals surface area contributed by atoms with E-state index < -0.39 is 17.3 Å². The number of carbonyl (C=O) groups is 2. The van der Waals surface area contributed by atoms with Gasteiger partial charge in [-0.2, -0.15) is 0 Å². The maximum absolute atomic E-state index is 13.8. The summed E-state index contributed by atoms with van der Waals surface area (Å²) >= 11 is 5.75. The Balaban J connectivity index is 1.55. The van der Waals surface area contributed by atoms with Crippen LogP contribution in [0.3, 0.4) is 0 Å². The van der Waals surface area contributed by atoms with Gasteiger partial charge in [-0.05, 0) is 55.5 Å². The first-order valence-corrected chi connectivity index (χ1v) is 10.5. The number of nitrogens with zero attached hydrogens (tertiary/aromatic N) is 1. The van der Waals surface area contributed by atoms with Gasteiger partial charge in [0.1, 0.15) is 11.9 Å². The standard InChI is InChI=1S/C23H24ClFN2O3/c1-15-4-2-3-5-17(15)23(9-12-30-13-10-23)22(29)26-20-8-11-27(21(20)28)16-6-7-18(24)19(25)14-16/h2-7,14,20H,8-13H2,1H3,(H,26,29). The topological polar surface area (TPSA) is 58.6 Å². The molecular formula is C23H24ClFN2O3. The van der Waals surface area contributed by atoms with E-state index in [4.69, 9.17) is 16.3 Å². The van der Waals surface area contributed by atoms with Gasteiger partial charge in [0, 0.05) is 25.4 Å². The summed E-state index contributed by atoms with van der Waals surface area (Å²) in [6.45, 7) is 3.40. The molecule has 30 heavy (non-hydrogen) atoms. The van der Waals surface area contributed by atoms with Crippen molar-refractivity contribution in [2.45, 2.75) is 37.6 Å². The molecule has 1 unspecified atom stereocenters. The number of rotatable bonds is 4. The molecule has 0 aliphatic carbocycles. The molecule has 2 aliphatic rings. The van der Waals surface area contributed by atoms with E-state index in [1.54, 1.807) is 6.07 Å². The zero-order chi connectivity index (χ0) is 21.3. The Hall–Kier alpha value is -2.44. The van der Waals surface area contributed by atoms with Crippen molar-refractivity contribution in [3.05, 3.63) is 64.4 Å². The molecular weight excluding hydrogens is 407 g/mol. The molecule has 2 saturated heterocycles. The molecule has 158 valence electrons. The maximum Gasteiger partial charge on any atom is 0.249 e. The van der Waals surface area contributed by atoms with E-state index in [2.05, 4.69) is 5.32 Å². The van der Waals surface area contributed by atoms with E-state index in [0.29, 0.717) is 44.7 Å². The molecule has 2 heterocycles. The van der Waals surface area contributed by atoms with Crippen molar-refractivity contribution in [3.8, 4) is 0 Å². The van der Waals surface area contributed by atoms with Gasteiger partial charge in [-0.25, -0.2) is 4.39 Å². The highest BCUT2D eigenvalue weighted by atomic mass is 35.5. The zero-order valence-electron chi connectivity index (χ0n) is 16.8. The Morgan fingerprint density at radius 3 is 2.67 bits per heavy atom. The monoisotopic (exact) mass is 430 g/mol. The van der Waals surface area contributed by atoms with Crippen LogP contribution in [-0.4, -0.2) is 37.6 Å². The van der Waals surface area contributed by atoms with Crippen molar-refractivity contribution in [1.29, 1.82) is 0 Å². The maximum atomic E-state index is 13.8. The van der Waals surface area contributed by atoms with Crippen LogP contribution in [0.15, 0.2) is 42.5 Å². The summed E-state index contributed by atoms with van der Waals surface area (Å²) in [5.41, 5.74) is 1.75. The van der Waals surface area contributed by atoms with Gasteiger partial charge in [0.15, 0.2) is 0 Å². The minimum atomic E-state index is -0.719. The summed E-state index contributed by atoms with van der Waals surface area (Å²) in [6, 6.07) is 11.5. The van der Waals surface area contributed by atoms with Crippen LogP contribution < -0.4 is 10.2 Å². The number of halogens is 2. The normalized spacial score (nSPS) is 21.0. The first-order valence-electron chi connectivity index (χ1n) is 10.1. The van der Waals surface area contributed by atoms with Crippen molar-refractivity contribution >= 4 is 29.1 Å². The van der Waals surface area contributed by atoms with E-state index in [9.17, 15) is 14.0 Å². The van der Waals surface area contributed by atoms with Gasteiger partial charge < -0.3 is 15.0 Å². The molecule has 2 aliphatic heterocycles. The summed E-state index contributed by atoms with van der Waals surface area (Å²) in [4.78, 5) is 28.0. The fourth-order valence-electron chi connectivity index (χ4n) is 4.47. The van der Waals surface area contributed by atoms with E-state index in [-0.39, 0.29) is 16.8 Å². The number of benzene rings is 2. The number of anilines is 1. The van der Waals surface area contributed by atoms with Gasteiger partial charge in [0.25, 0.3) is 0 Å². The molecule has 2 amide bonds. The number of amides is 2. The highest BCUT2D eigenvalue weighted by Crippen LogP contribution is 2.37. The minimum Gasteiger partial charge on any atom is -0.381 e. The minimum absolute atomic E-state index is 0.00920. The Bertz CT molecular complexity index is 975. The molecule has 0 radical (unpaired) electrons. The van der Waals surface area contributed by atoms with Crippen LogP contribution in [0.2, 0.25) is 5.02 Å². The van der Waals surface area contributed by atoms with Gasteiger partial charge in [0.2, 0.25) is 11.8 Å². The number of hydrogen-bond acceptors (Lipinski definition) is 3. The molecule has 1 atom stereocenters. The predicted octanol–water partition coefficient (Wildman–Crippen LogP) is 3.76. The molecule has 0 saturated carbocycles. The average Bonchev–Trinajstić information content (AvgIpc) is 3.11. The molecule has 0 aromatic heterocycles. The lowest BCUT2D eigenvalue weighted by atomic mass is 9.71. The van der Waals surface area contributed by atoms with Crippen LogP contribution in [-0.2, 0) is 19.7 Å². The summed E-state index contributed by atoms with van der Waals surface area (Å²) in [5.74, 6) is -0.963. The SMILES string of the molecule is Cc1ccccc1C1(C(=O)NC2CCN(c3ccc(Cl)c(F)c3)C2=O)CCOCC1. The molecule has 5 nitrogen and oxygen atoms in total.